The van der Waals surface area contributed by atoms with Crippen molar-refractivity contribution < 1.29 is 14.3 Å². The van der Waals surface area contributed by atoms with Gasteiger partial charge in [0.15, 0.2) is 11.5 Å². The zero-order valence-electron chi connectivity index (χ0n) is 17.0. The van der Waals surface area contributed by atoms with Crippen molar-refractivity contribution in [2.75, 3.05) is 13.7 Å². The van der Waals surface area contributed by atoms with E-state index in [-0.39, 0.29) is 12.5 Å². The molecular formula is C22H26N4O3. The molecule has 3 aromatic rings. The molecule has 1 amide bonds. The van der Waals surface area contributed by atoms with Gasteiger partial charge in [0.1, 0.15) is 12.4 Å². The SMILES string of the molecule is CCCCOc1ccc(/C=N/NC(=O)Cn2c(C)nc3ccccc32)cc1OC. The highest BCUT2D eigenvalue weighted by molar-refractivity contribution is 5.84. The van der Waals surface area contributed by atoms with E-state index in [0.29, 0.717) is 18.1 Å². The molecule has 1 aromatic heterocycles. The Morgan fingerprint density at radius 1 is 1.24 bits per heavy atom. The van der Waals surface area contributed by atoms with Crippen molar-refractivity contribution in [3.05, 3.63) is 53.9 Å². The third kappa shape index (κ3) is 5.13. The standard InChI is InChI=1S/C22H26N4O3/c1-4-5-12-29-20-11-10-17(13-21(20)28-3)14-23-25-22(27)15-26-16(2)24-18-8-6-7-9-19(18)26/h6-11,13-14H,4-5,12,15H2,1-3H3,(H,25,27)/b23-14+. The number of imidazole rings is 1. The maximum atomic E-state index is 12.3. The average molecular weight is 394 g/mol. The number of aryl methyl sites for hydroxylation is 1. The molecule has 29 heavy (non-hydrogen) atoms. The number of amides is 1. The Balaban J connectivity index is 1.61. The number of para-hydroxylation sites is 2. The highest BCUT2D eigenvalue weighted by atomic mass is 16.5. The summed E-state index contributed by atoms with van der Waals surface area (Å²) in [5.41, 5.74) is 5.16. The summed E-state index contributed by atoms with van der Waals surface area (Å²) in [5.74, 6) is 1.90. The number of hydrogen-bond donors (Lipinski definition) is 1. The maximum Gasteiger partial charge on any atom is 0.260 e. The van der Waals surface area contributed by atoms with E-state index in [1.165, 1.54) is 0 Å². The fourth-order valence-electron chi connectivity index (χ4n) is 2.96. The van der Waals surface area contributed by atoms with E-state index < -0.39 is 0 Å². The van der Waals surface area contributed by atoms with E-state index in [1.54, 1.807) is 13.3 Å². The first-order valence-electron chi connectivity index (χ1n) is 9.67. The number of carbonyl (C=O) groups is 1. The normalized spacial score (nSPS) is 11.1. The summed E-state index contributed by atoms with van der Waals surface area (Å²) in [6, 6.07) is 13.3. The van der Waals surface area contributed by atoms with Crippen molar-refractivity contribution in [3.63, 3.8) is 0 Å². The summed E-state index contributed by atoms with van der Waals surface area (Å²) in [6.07, 6.45) is 3.64. The maximum absolute atomic E-state index is 12.3. The topological polar surface area (TPSA) is 77.7 Å². The third-order valence-electron chi connectivity index (χ3n) is 4.49. The predicted molar refractivity (Wildman–Crippen MR) is 114 cm³/mol. The molecule has 0 saturated carbocycles. The van der Waals surface area contributed by atoms with Gasteiger partial charge in [-0.1, -0.05) is 25.5 Å². The molecule has 0 atom stereocenters. The van der Waals surface area contributed by atoms with Gasteiger partial charge in [0.05, 0.1) is 31.0 Å². The number of unbranched alkanes of at least 4 members (excludes halogenated alkanes) is 1. The lowest BCUT2D eigenvalue weighted by atomic mass is 10.2. The van der Waals surface area contributed by atoms with Gasteiger partial charge in [0.25, 0.3) is 5.91 Å². The van der Waals surface area contributed by atoms with Gasteiger partial charge in [-0.25, -0.2) is 10.4 Å². The molecule has 152 valence electrons. The highest BCUT2D eigenvalue weighted by Crippen LogP contribution is 2.27. The van der Waals surface area contributed by atoms with Crippen LogP contribution in [0.1, 0.15) is 31.2 Å². The number of rotatable bonds is 9. The Hall–Kier alpha value is -3.35. The molecular weight excluding hydrogens is 368 g/mol. The summed E-state index contributed by atoms with van der Waals surface area (Å²) in [6.45, 7) is 4.80. The van der Waals surface area contributed by atoms with E-state index in [2.05, 4.69) is 22.4 Å². The molecule has 0 aliphatic carbocycles. The Morgan fingerprint density at radius 3 is 2.86 bits per heavy atom. The van der Waals surface area contributed by atoms with Crippen LogP contribution in [0, 0.1) is 6.92 Å². The number of methoxy groups -OCH3 is 1. The molecule has 0 aliphatic heterocycles. The van der Waals surface area contributed by atoms with Gasteiger partial charge < -0.3 is 14.0 Å². The molecule has 2 aromatic carbocycles. The molecule has 0 spiro atoms. The number of hydrazone groups is 1. The smallest absolute Gasteiger partial charge is 0.260 e. The van der Waals surface area contributed by atoms with Gasteiger partial charge in [-0.05, 0) is 49.2 Å². The number of hydrogen-bond acceptors (Lipinski definition) is 5. The lowest BCUT2D eigenvalue weighted by molar-refractivity contribution is -0.121. The quantitative estimate of drug-likeness (QED) is 0.341. The minimum absolute atomic E-state index is 0.150. The minimum atomic E-state index is -0.223. The molecule has 1 heterocycles. The van der Waals surface area contributed by atoms with Crippen LogP contribution in [0.15, 0.2) is 47.6 Å². The second-order valence-corrected chi connectivity index (χ2v) is 6.64. The van der Waals surface area contributed by atoms with Gasteiger partial charge in [-0.15, -0.1) is 0 Å². The molecule has 0 saturated heterocycles. The van der Waals surface area contributed by atoms with E-state index in [9.17, 15) is 4.79 Å². The van der Waals surface area contributed by atoms with Gasteiger partial charge in [-0.3, -0.25) is 4.79 Å². The number of fused-ring (bicyclic) bond motifs is 1. The Bertz CT molecular complexity index is 1010. The summed E-state index contributed by atoms with van der Waals surface area (Å²) in [7, 11) is 1.60. The number of aromatic nitrogens is 2. The lowest BCUT2D eigenvalue weighted by Gasteiger charge is -2.10. The molecule has 0 unspecified atom stereocenters. The van der Waals surface area contributed by atoms with Crippen LogP contribution in [0.4, 0.5) is 0 Å². The minimum Gasteiger partial charge on any atom is -0.493 e. The van der Waals surface area contributed by atoms with Crippen LogP contribution in [0.25, 0.3) is 11.0 Å². The van der Waals surface area contributed by atoms with Crippen molar-refractivity contribution in [3.8, 4) is 11.5 Å². The summed E-state index contributed by atoms with van der Waals surface area (Å²) in [4.78, 5) is 16.8. The van der Waals surface area contributed by atoms with Crippen LogP contribution in [-0.4, -0.2) is 35.4 Å². The average Bonchev–Trinajstić information content (AvgIpc) is 3.04. The monoisotopic (exact) mass is 394 g/mol. The molecule has 0 aliphatic rings. The number of ether oxygens (including phenoxy) is 2. The molecule has 0 radical (unpaired) electrons. The molecule has 7 heteroatoms. The highest BCUT2D eigenvalue weighted by Gasteiger charge is 2.10. The Kier molecular flexibility index (Phi) is 6.84. The summed E-state index contributed by atoms with van der Waals surface area (Å²) in [5, 5.41) is 4.06. The van der Waals surface area contributed by atoms with Gasteiger partial charge in [0, 0.05) is 0 Å². The zero-order valence-corrected chi connectivity index (χ0v) is 17.0. The second-order valence-electron chi connectivity index (χ2n) is 6.64. The number of benzene rings is 2. The fraction of sp³-hybridized carbons (Fsp3) is 0.318. The summed E-state index contributed by atoms with van der Waals surface area (Å²) < 4.78 is 13.0. The molecule has 7 nitrogen and oxygen atoms in total. The first-order valence-corrected chi connectivity index (χ1v) is 9.67. The van der Waals surface area contributed by atoms with Crippen molar-refractivity contribution in [1.29, 1.82) is 0 Å². The second kappa shape index (κ2) is 9.73. The molecule has 0 bridgehead atoms. The van der Waals surface area contributed by atoms with Crippen LogP contribution in [-0.2, 0) is 11.3 Å². The third-order valence-corrected chi connectivity index (χ3v) is 4.49. The van der Waals surface area contributed by atoms with Crippen molar-refractivity contribution in [2.24, 2.45) is 5.10 Å². The largest absolute Gasteiger partial charge is 0.493 e. The predicted octanol–water partition coefficient (Wildman–Crippen LogP) is 3.68. The number of nitrogens with one attached hydrogen (secondary N) is 1. The first kappa shape index (κ1) is 20.4. The van der Waals surface area contributed by atoms with Gasteiger partial charge in [0.2, 0.25) is 0 Å². The van der Waals surface area contributed by atoms with Gasteiger partial charge in [-0.2, -0.15) is 5.10 Å². The lowest BCUT2D eigenvalue weighted by Crippen LogP contribution is -2.23. The van der Waals surface area contributed by atoms with Gasteiger partial charge >= 0.3 is 0 Å². The van der Waals surface area contributed by atoms with Crippen LogP contribution >= 0.6 is 0 Å². The Labute approximate surface area is 170 Å². The molecule has 1 N–H and O–H groups in total. The van der Waals surface area contributed by atoms with Crippen LogP contribution < -0.4 is 14.9 Å². The Morgan fingerprint density at radius 2 is 2.07 bits per heavy atom. The molecule has 3 rings (SSSR count). The fourth-order valence-corrected chi connectivity index (χ4v) is 2.96. The van der Waals surface area contributed by atoms with E-state index in [1.807, 2.05) is 54.0 Å². The van der Waals surface area contributed by atoms with Crippen molar-refractivity contribution in [1.82, 2.24) is 15.0 Å². The molecule has 0 fully saturated rings. The van der Waals surface area contributed by atoms with Crippen LogP contribution in [0.5, 0.6) is 11.5 Å². The van der Waals surface area contributed by atoms with E-state index >= 15 is 0 Å². The number of nitrogens with zero attached hydrogens (tertiary/aromatic N) is 3. The van der Waals surface area contributed by atoms with E-state index in [4.69, 9.17) is 9.47 Å². The van der Waals surface area contributed by atoms with Crippen molar-refractivity contribution >= 4 is 23.2 Å². The van der Waals surface area contributed by atoms with Crippen molar-refractivity contribution in [2.45, 2.75) is 33.2 Å². The van der Waals surface area contributed by atoms with Crippen LogP contribution in [0.3, 0.4) is 0 Å². The van der Waals surface area contributed by atoms with Crippen LogP contribution in [0.2, 0.25) is 0 Å². The zero-order chi connectivity index (χ0) is 20.6. The first-order chi connectivity index (χ1) is 14.1. The van der Waals surface area contributed by atoms with E-state index in [0.717, 1.165) is 35.3 Å². The number of carbonyl (C=O) groups excluding carboxylic acids is 1. The summed E-state index contributed by atoms with van der Waals surface area (Å²) >= 11 is 0.